The van der Waals surface area contributed by atoms with Crippen LogP contribution in [0.3, 0.4) is 0 Å². The van der Waals surface area contributed by atoms with Crippen molar-refractivity contribution in [3.63, 3.8) is 0 Å². The zero-order valence-corrected chi connectivity index (χ0v) is 16.3. The van der Waals surface area contributed by atoms with Crippen LogP contribution in [0.25, 0.3) is 0 Å². The van der Waals surface area contributed by atoms with Crippen LogP contribution in [-0.4, -0.2) is 27.5 Å². The summed E-state index contributed by atoms with van der Waals surface area (Å²) in [7, 11) is 1.29. The first kappa shape index (κ1) is 20.9. The second kappa shape index (κ2) is 7.51. The number of ketones is 1. The van der Waals surface area contributed by atoms with E-state index in [0.717, 1.165) is 10.9 Å². The number of benzene rings is 1. The van der Waals surface area contributed by atoms with Crippen LogP contribution < -0.4 is 5.32 Å². The highest BCUT2D eigenvalue weighted by atomic mass is 35.5. The van der Waals surface area contributed by atoms with Gasteiger partial charge in [-0.05, 0) is 24.6 Å². The molecule has 152 valence electrons. The maximum absolute atomic E-state index is 13.3. The van der Waals surface area contributed by atoms with Gasteiger partial charge in [0.15, 0.2) is 5.69 Å². The van der Waals surface area contributed by atoms with Crippen LogP contribution in [-0.2, 0) is 23.4 Å². The van der Waals surface area contributed by atoms with Gasteiger partial charge in [0.1, 0.15) is 11.3 Å². The molecular weight excluding hydrogens is 407 g/mol. The highest BCUT2D eigenvalue weighted by Gasteiger charge is 2.45. The average Bonchev–Trinajstić information content (AvgIpc) is 3.05. The quantitative estimate of drug-likeness (QED) is 0.812. The number of amides is 1. The minimum Gasteiger partial charge on any atom is -0.343 e. The lowest BCUT2D eigenvalue weighted by molar-refractivity contribution is -0.138. The summed E-state index contributed by atoms with van der Waals surface area (Å²) in [4.78, 5) is 25.4. The Kier molecular flexibility index (Phi) is 5.40. The summed E-state index contributed by atoms with van der Waals surface area (Å²) >= 11 is 5.93. The average molecular weight is 424 g/mol. The predicted octanol–water partition coefficient (Wildman–Crippen LogP) is 3.84. The Labute approximate surface area is 169 Å². The summed E-state index contributed by atoms with van der Waals surface area (Å²) in [5, 5.41) is 6.66. The third-order valence-corrected chi connectivity index (χ3v) is 5.06. The first-order valence-electron chi connectivity index (χ1n) is 8.60. The zero-order valence-electron chi connectivity index (χ0n) is 15.5. The lowest BCUT2D eigenvalue weighted by Crippen LogP contribution is -2.53. The third-order valence-electron chi connectivity index (χ3n) is 4.80. The Bertz CT molecular complexity index is 1010. The second-order valence-electron chi connectivity index (χ2n) is 6.69. The molecule has 0 saturated heterocycles. The molecule has 0 spiro atoms. The van der Waals surface area contributed by atoms with Gasteiger partial charge in [0.25, 0.3) is 5.91 Å². The molecule has 1 N–H and O–H groups in total. The van der Waals surface area contributed by atoms with Gasteiger partial charge in [-0.2, -0.15) is 18.3 Å². The van der Waals surface area contributed by atoms with Gasteiger partial charge in [-0.15, -0.1) is 0 Å². The van der Waals surface area contributed by atoms with Crippen molar-refractivity contribution in [1.82, 2.24) is 15.1 Å². The van der Waals surface area contributed by atoms with Crippen molar-refractivity contribution < 1.29 is 22.8 Å². The minimum absolute atomic E-state index is 0.289. The van der Waals surface area contributed by atoms with Crippen molar-refractivity contribution in [3.8, 4) is 0 Å². The smallest absolute Gasteiger partial charge is 0.343 e. The highest BCUT2D eigenvalue weighted by molar-refractivity contribution is 6.30. The van der Waals surface area contributed by atoms with Crippen molar-refractivity contribution in [2.24, 2.45) is 7.05 Å². The number of Topliss-reactive ketones (excluding diaryl/α,β-unsaturated/α-hetero) is 1. The van der Waals surface area contributed by atoms with E-state index in [1.165, 1.54) is 14.0 Å². The number of nitrogens with zero attached hydrogens (tertiary/aromatic N) is 2. The van der Waals surface area contributed by atoms with Crippen molar-refractivity contribution >= 4 is 23.3 Å². The largest absolute Gasteiger partial charge is 0.420 e. The van der Waals surface area contributed by atoms with E-state index in [-0.39, 0.29) is 5.78 Å². The molecule has 2 unspecified atom stereocenters. The Morgan fingerprint density at radius 3 is 2.45 bits per heavy atom. The predicted molar refractivity (Wildman–Crippen MR) is 102 cm³/mol. The Morgan fingerprint density at radius 1 is 1.21 bits per heavy atom. The number of hydrogen-bond donors (Lipinski definition) is 1. The van der Waals surface area contributed by atoms with Crippen LogP contribution in [0.1, 0.15) is 28.5 Å². The molecule has 1 aromatic heterocycles. The third kappa shape index (κ3) is 3.85. The summed E-state index contributed by atoms with van der Waals surface area (Å²) in [6, 6.07) is 5.59. The van der Waals surface area contributed by atoms with Gasteiger partial charge in [-0.3, -0.25) is 14.3 Å². The topological polar surface area (TPSA) is 64.0 Å². The van der Waals surface area contributed by atoms with E-state index < -0.39 is 34.8 Å². The highest BCUT2D eigenvalue weighted by Crippen LogP contribution is 2.36. The fraction of sp³-hybridized carbons (Fsp3) is 0.250. The van der Waals surface area contributed by atoms with Gasteiger partial charge >= 0.3 is 6.18 Å². The molecule has 0 aliphatic heterocycles. The molecule has 2 atom stereocenters. The molecule has 0 radical (unpaired) electrons. The molecule has 9 heteroatoms. The number of allylic oxidation sites excluding steroid dienone is 2. The molecule has 1 aliphatic rings. The molecule has 29 heavy (non-hydrogen) atoms. The minimum atomic E-state index is -4.74. The lowest BCUT2D eigenvalue weighted by atomic mass is 9.69. The van der Waals surface area contributed by atoms with E-state index in [1.807, 2.05) is 0 Å². The second-order valence-corrected chi connectivity index (χ2v) is 7.13. The van der Waals surface area contributed by atoms with Crippen molar-refractivity contribution in [2.75, 3.05) is 0 Å². The first-order chi connectivity index (χ1) is 13.6. The number of rotatable bonds is 4. The van der Waals surface area contributed by atoms with E-state index >= 15 is 0 Å². The van der Waals surface area contributed by atoms with Crippen LogP contribution in [0.2, 0.25) is 5.02 Å². The number of nitrogens with one attached hydrogen (secondary N) is 1. The lowest BCUT2D eigenvalue weighted by Gasteiger charge is -2.37. The van der Waals surface area contributed by atoms with Gasteiger partial charge in [0.05, 0.1) is 11.5 Å². The van der Waals surface area contributed by atoms with Crippen LogP contribution in [0.4, 0.5) is 13.2 Å². The summed E-state index contributed by atoms with van der Waals surface area (Å²) in [5.41, 5.74) is -2.64. The van der Waals surface area contributed by atoms with Gasteiger partial charge in [0.2, 0.25) is 0 Å². The molecule has 0 fully saturated rings. The molecule has 0 bridgehead atoms. The summed E-state index contributed by atoms with van der Waals surface area (Å²) in [6.07, 6.45) is 2.45. The van der Waals surface area contributed by atoms with E-state index in [0.29, 0.717) is 10.6 Å². The molecule has 1 amide bonds. The maximum atomic E-state index is 13.3. The number of carbonyl (C=O) groups excluding carboxylic acids is 2. The number of aromatic nitrogens is 2. The van der Waals surface area contributed by atoms with Crippen LogP contribution in [0, 0.1) is 0 Å². The van der Waals surface area contributed by atoms with Gasteiger partial charge < -0.3 is 5.32 Å². The number of halogens is 4. The van der Waals surface area contributed by atoms with Crippen LogP contribution in [0.5, 0.6) is 0 Å². The van der Waals surface area contributed by atoms with Crippen molar-refractivity contribution in [1.29, 1.82) is 0 Å². The zero-order chi connectivity index (χ0) is 21.4. The normalized spacial score (nSPS) is 21.2. The van der Waals surface area contributed by atoms with E-state index in [2.05, 4.69) is 10.4 Å². The molecule has 2 aromatic rings. The summed E-state index contributed by atoms with van der Waals surface area (Å²) in [6.45, 7) is 1.36. The number of alkyl halides is 3. The summed E-state index contributed by atoms with van der Waals surface area (Å²) < 4.78 is 40.7. The molecular formula is C20H17ClF3N3O2. The fourth-order valence-electron chi connectivity index (χ4n) is 3.41. The van der Waals surface area contributed by atoms with Crippen molar-refractivity contribution in [3.05, 3.63) is 76.6 Å². The monoisotopic (exact) mass is 423 g/mol. The molecule has 1 heterocycles. The molecule has 5 nitrogen and oxygen atoms in total. The van der Waals surface area contributed by atoms with Gasteiger partial charge in [-0.25, -0.2) is 0 Å². The molecule has 0 saturated carbocycles. The number of hydrogen-bond acceptors (Lipinski definition) is 3. The Morgan fingerprint density at radius 2 is 1.86 bits per heavy atom. The molecule has 1 aromatic carbocycles. The van der Waals surface area contributed by atoms with E-state index in [1.54, 1.807) is 48.6 Å². The fourth-order valence-corrected chi connectivity index (χ4v) is 3.54. The molecule has 3 rings (SSSR count). The van der Waals surface area contributed by atoms with E-state index in [9.17, 15) is 22.8 Å². The first-order valence-corrected chi connectivity index (χ1v) is 8.98. The van der Waals surface area contributed by atoms with E-state index in [4.69, 9.17) is 11.6 Å². The van der Waals surface area contributed by atoms with Gasteiger partial charge in [0, 0.05) is 18.3 Å². The van der Waals surface area contributed by atoms with Gasteiger partial charge in [-0.1, -0.05) is 48.0 Å². The standard InChI is InChI=1S/C20H17ClF3N3O2/c1-12(28)19(13-6-8-14(21)9-7-13)10-4-3-5-16(19)25-18(29)17-15(20(22,23)24)11-27(2)26-17/h3-11,16H,1-2H3,(H,25,29). The van der Waals surface area contributed by atoms with Crippen LogP contribution in [0.15, 0.2) is 54.8 Å². The molecule has 1 aliphatic carbocycles. The Hall–Kier alpha value is -2.87. The maximum Gasteiger partial charge on any atom is 0.420 e. The van der Waals surface area contributed by atoms with Crippen molar-refractivity contribution in [2.45, 2.75) is 24.6 Å². The number of carbonyl (C=O) groups is 2. The Balaban J connectivity index is 2.02. The summed E-state index contributed by atoms with van der Waals surface area (Å²) in [5.74, 6) is -1.31. The SMILES string of the molecule is CC(=O)C1(c2ccc(Cl)cc2)C=CC=CC1NC(=O)c1nn(C)cc1C(F)(F)F. The van der Waals surface area contributed by atoms with Crippen LogP contribution >= 0.6 is 11.6 Å². The number of aryl methyl sites for hydroxylation is 1.